The van der Waals surface area contributed by atoms with Crippen molar-refractivity contribution in [2.75, 3.05) is 0 Å². The monoisotopic (exact) mass is 212 g/mol. The zero-order valence-electron chi connectivity index (χ0n) is 7.53. The number of rotatable bonds is 4. The van der Waals surface area contributed by atoms with Gasteiger partial charge < -0.3 is 4.89 Å². The molecule has 0 amide bonds. The molecule has 0 aromatic carbocycles. The molecule has 1 unspecified atom stereocenters. The minimum Gasteiger partial charge on any atom is -0.301 e. The third-order valence-corrected chi connectivity index (χ3v) is 3.35. The van der Waals surface area contributed by atoms with Gasteiger partial charge in [0, 0.05) is 0 Å². The van der Waals surface area contributed by atoms with Crippen molar-refractivity contribution in [3.05, 3.63) is 0 Å². The first-order valence-electron chi connectivity index (χ1n) is 4.37. The van der Waals surface area contributed by atoms with Crippen LogP contribution in [0, 0.1) is 0 Å². The molecule has 0 bridgehead atoms. The minimum atomic E-state index is -4.47. The Balaban J connectivity index is 2.63. The molecule has 1 aliphatic carbocycles. The maximum Gasteiger partial charge on any atom is 0.503 e. The summed E-state index contributed by atoms with van der Waals surface area (Å²) in [5.41, 5.74) is -0.656. The number of phosphoric ester groups is 1. The molecule has 0 aromatic heterocycles. The second-order valence-corrected chi connectivity index (χ2v) is 4.63. The maximum absolute atomic E-state index is 11.6. The fraction of sp³-hybridized carbons (Fsp3) is 1.00. The van der Waals surface area contributed by atoms with Gasteiger partial charge in [0.05, 0.1) is 5.60 Å². The van der Waals surface area contributed by atoms with Crippen molar-refractivity contribution >= 4 is 7.82 Å². The zero-order valence-corrected chi connectivity index (χ0v) is 8.43. The van der Waals surface area contributed by atoms with E-state index in [-0.39, 0.29) is 0 Å². The molecule has 0 aliphatic heterocycles. The summed E-state index contributed by atoms with van der Waals surface area (Å²) in [6.45, 7) is 1.85. The van der Waals surface area contributed by atoms with E-state index in [4.69, 9.17) is 9.42 Å². The fourth-order valence-electron chi connectivity index (χ4n) is 1.79. The van der Waals surface area contributed by atoms with Crippen LogP contribution < -0.4 is 0 Å². The maximum atomic E-state index is 11.6. The van der Waals surface area contributed by atoms with E-state index in [1.54, 1.807) is 0 Å². The third kappa shape index (κ3) is 2.74. The molecule has 1 rings (SSSR count). The van der Waals surface area contributed by atoms with E-state index in [9.17, 15) is 9.09 Å². The molecular weight excluding hydrogens is 198 g/mol. The number of phosphoric acid groups is 1. The van der Waals surface area contributed by atoms with Crippen molar-refractivity contribution in [2.24, 2.45) is 0 Å². The molecule has 6 heteroatoms. The van der Waals surface area contributed by atoms with Crippen LogP contribution in [-0.2, 0) is 13.8 Å². The molecule has 0 heterocycles. The van der Waals surface area contributed by atoms with Gasteiger partial charge in [-0.3, -0.25) is 4.52 Å². The van der Waals surface area contributed by atoms with Crippen LogP contribution in [0.3, 0.4) is 0 Å². The van der Waals surface area contributed by atoms with Gasteiger partial charge in [0.15, 0.2) is 0 Å². The van der Waals surface area contributed by atoms with Gasteiger partial charge in [-0.15, -0.1) is 0 Å². The van der Waals surface area contributed by atoms with Gasteiger partial charge >= 0.3 is 7.82 Å². The molecule has 78 valence electrons. The topological polar surface area (TPSA) is 55.8 Å². The second kappa shape index (κ2) is 4.05. The lowest BCUT2D eigenvalue weighted by Crippen LogP contribution is -2.26. The van der Waals surface area contributed by atoms with Crippen molar-refractivity contribution in [1.82, 2.24) is 0 Å². The third-order valence-electron chi connectivity index (χ3n) is 2.56. The van der Waals surface area contributed by atoms with Gasteiger partial charge in [0.2, 0.25) is 0 Å². The molecule has 1 atom stereocenters. The molecule has 0 radical (unpaired) electrons. The predicted molar refractivity (Wildman–Crippen MR) is 44.6 cm³/mol. The number of halogens is 1. The molecule has 4 nitrogen and oxygen atoms in total. The summed E-state index contributed by atoms with van der Waals surface area (Å²) >= 11 is 0. The van der Waals surface area contributed by atoms with Crippen molar-refractivity contribution in [3.8, 4) is 0 Å². The first kappa shape index (κ1) is 11.1. The van der Waals surface area contributed by atoms with Gasteiger partial charge in [-0.05, 0) is 23.8 Å². The Hall–Kier alpha value is 0.0400. The first-order valence-corrected chi connectivity index (χ1v) is 5.87. The van der Waals surface area contributed by atoms with Gasteiger partial charge in [0.25, 0.3) is 0 Å². The van der Waals surface area contributed by atoms with Crippen molar-refractivity contribution in [1.29, 1.82) is 0 Å². The van der Waals surface area contributed by atoms with Gasteiger partial charge in [-0.1, -0.05) is 24.5 Å². The average molecular weight is 212 g/mol. The largest absolute Gasteiger partial charge is 0.503 e. The Kier molecular flexibility index (Phi) is 3.46. The summed E-state index contributed by atoms with van der Waals surface area (Å²) in [6, 6.07) is 0. The summed E-state index contributed by atoms with van der Waals surface area (Å²) in [4.78, 5) is 8.82. The summed E-state index contributed by atoms with van der Waals surface area (Å²) < 4.78 is 30.1. The highest BCUT2D eigenvalue weighted by Gasteiger charge is 2.40. The van der Waals surface area contributed by atoms with Crippen molar-refractivity contribution < 1.29 is 23.2 Å². The van der Waals surface area contributed by atoms with Crippen LogP contribution in [0.4, 0.5) is 4.53 Å². The van der Waals surface area contributed by atoms with Gasteiger partial charge in [-0.2, -0.15) is 0 Å². The molecule has 1 N–H and O–H groups in total. The lowest BCUT2D eigenvalue weighted by atomic mass is 10.00. The Labute approximate surface area is 76.6 Å². The molecule has 13 heavy (non-hydrogen) atoms. The average Bonchev–Trinajstić information content (AvgIpc) is 2.53. The lowest BCUT2D eigenvalue weighted by Gasteiger charge is -2.27. The zero-order chi connectivity index (χ0) is 9.95. The predicted octanol–water partition coefficient (Wildman–Crippen LogP) is 2.73. The highest BCUT2D eigenvalue weighted by atomic mass is 31.2. The summed E-state index contributed by atoms with van der Waals surface area (Å²) in [6.07, 6.45) is 3.87. The highest BCUT2D eigenvalue weighted by Crippen LogP contribution is 2.52. The Bertz CT molecular complexity index is 215. The molecule has 0 aromatic rings. The minimum absolute atomic E-state index is 0.598. The first-order chi connectivity index (χ1) is 6.04. The Morgan fingerprint density at radius 2 is 2.08 bits per heavy atom. The van der Waals surface area contributed by atoms with E-state index < -0.39 is 13.4 Å². The van der Waals surface area contributed by atoms with E-state index in [1.165, 1.54) is 0 Å². The van der Waals surface area contributed by atoms with Crippen LogP contribution >= 0.6 is 7.82 Å². The van der Waals surface area contributed by atoms with Crippen LogP contribution in [0.25, 0.3) is 0 Å². The van der Waals surface area contributed by atoms with Crippen LogP contribution in [0.2, 0.25) is 0 Å². The van der Waals surface area contributed by atoms with Crippen LogP contribution in [0.5, 0.6) is 0 Å². The van der Waals surface area contributed by atoms with Crippen LogP contribution in [0.15, 0.2) is 0 Å². The quantitative estimate of drug-likeness (QED) is 0.728. The van der Waals surface area contributed by atoms with E-state index in [2.05, 4.69) is 4.73 Å². The van der Waals surface area contributed by atoms with E-state index >= 15 is 0 Å². The van der Waals surface area contributed by atoms with Crippen LogP contribution in [0.1, 0.15) is 39.0 Å². The number of hydrogen-bond donors (Lipinski definition) is 1. The van der Waals surface area contributed by atoms with Gasteiger partial charge in [-0.25, -0.2) is 4.57 Å². The smallest absolute Gasteiger partial charge is 0.301 e. The Morgan fingerprint density at radius 3 is 2.46 bits per heavy atom. The van der Waals surface area contributed by atoms with E-state index in [1.807, 2.05) is 6.92 Å². The summed E-state index contributed by atoms with van der Waals surface area (Å²) in [5.74, 6) is 0. The molecule has 1 saturated carbocycles. The van der Waals surface area contributed by atoms with E-state index in [0.29, 0.717) is 19.3 Å². The standard InChI is InChI=1S/C7H14FO4P/c1-2-7(5-3-4-6-7)11-13(9,10)12-8/h2-6H2,1H3,(H,9,10). The summed E-state index contributed by atoms with van der Waals surface area (Å²) in [7, 11) is -4.47. The molecule has 1 aliphatic rings. The molecular formula is C7H14FO4P. The SMILES string of the molecule is CCC1(OP(=O)(O)OF)CCCC1. The van der Waals surface area contributed by atoms with Crippen molar-refractivity contribution in [2.45, 2.75) is 44.6 Å². The fourth-order valence-corrected chi connectivity index (χ4v) is 2.62. The van der Waals surface area contributed by atoms with Crippen molar-refractivity contribution in [3.63, 3.8) is 0 Å². The normalized spacial score (nSPS) is 25.8. The number of hydrogen-bond acceptors (Lipinski definition) is 3. The molecule has 1 fully saturated rings. The Morgan fingerprint density at radius 1 is 1.54 bits per heavy atom. The van der Waals surface area contributed by atoms with Gasteiger partial charge in [0.1, 0.15) is 0 Å². The molecule has 0 spiro atoms. The lowest BCUT2D eigenvalue weighted by molar-refractivity contribution is -0.0747. The van der Waals surface area contributed by atoms with Crippen LogP contribution in [-0.4, -0.2) is 10.5 Å². The summed E-state index contributed by atoms with van der Waals surface area (Å²) in [5, 5.41) is 0. The second-order valence-electron chi connectivity index (χ2n) is 3.37. The van der Waals surface area contributed by atoms with E-state index in [0.717, 1.165) is 12.8 Å². The highest BCUT2D eigenvalue weighted by molar-refractivity contribution is 7.47. The molecule has 0 saturated heterocycles.